The molecule has 1 aliphatic rings. The summed E-state index contributed by atoms with van der Waals surface area (Å²) in [5.41, 5.74) is 2.36. The van der Waals surface area contributed by atoms with Crippen molar-refractivity contribution in [2.24, 2.45) is 14.7 Å². The number of hydrogen-bond acceptors (Lipinski definition) is 9. The van der Waals surface area contributed by atoms with Crippen molar-refractivity contribution in [3.63, 3.8) is 0 Å². The monoisotopic (exact) mass is 745 g/mol. The molecule has 2 aromatic carbocycles. The predicted octanol–water partition coefficient (Wildman–Crippen LogP) is 5.93. The number of anilines is 2. The van der Waals surface area contributed by atoms with Crippen LogP contribution in [0.15, 0.2) is 108 Å². The molecule has 36 heavy (non-hydrogen) atoms. The molecule has 0 atom stereocenters. The van der Waals surface area contributed by atoms with Gasteiger partial charge in [0.2, 0.25) is 0 Å². The molecule has 0 radical (unpaired) electrons. The topological polar surface area (TPSA) is 123 Å². The van der Waals surface area contributed by atoms with Gasteiger partial charge in [0, 0.05) is 23.7 Å². The van der Waals surface area contributed by atoms with Gasteiger partial charge in [-0.15, -0.1) is 13.9 Å². The van der Waals surface area contributed by atoms with Crippen molar-refractivity contribution < 1.29 is 33.3 Å². The Kier molecular flexibility index (Phi) is 10.4. The molecule has 0 amide bonds. The zero-order chi connectivity index (χ0) is 26.1. The number of halogens is 1. The van der Waals surface area contributed by atoms with E-state index in [0.29, 0.717) is 46.1 Å². The summed E-state index contributed by atoms with van der Waals surface area (Å²) in [6.45, 7) is 1.79. The van der Waals surface area contributed by atoms with Gasteiger partial charge in [0.05, 0.1) is 22.0 Å². The van der Waals surface area contributed by atoms with E-state index in [-0.39, 0.29) is 16.5 Å². The van der Waals surface area contributed by atoms with Gasteiger partial charge in [-0.05, 0) is 55.5 Å². The zero-order valence-corrected chi connectivity index (χ0v) is 27.6. The van der Waals surface area contributed by atoms with E-state index in [1.54, 1.807) is 25.1 Å². The van der Waals surface area contributed by atoms with Gasteiger partial charge < -0.3 is 12.6 Å². The number of hydrazone groups is 1. The number of nitrogens with zero attached hydrogens (tertiary/aromatic N) is 5. The summed E-state index contributed by atoms with van der Waals surface area (Å²) < 4.78 is 31.8. The Morgan fingerprint density at radius 2 is 1.75 bits per heavy atom. The number of hydrogen-bond donors (Lipinski definition) is 2. The maximum atomic E-state index is 12.5. The van der Waals surface area contributed by atoms with Crippen LogP contribution < -0.4 is 9.73 Å². The van der Waals surface area contributed by atoms with Crippen LogP contribution in [0.25, 0.3) is 0 Å². The fourth-order valence-electron chi connectivity index (χ4n) is 2.99. The van der Waals surface area contributed by atoms with Crippen molar-refractivity contribution in [2.75, 3.05) is 9.73 Å². The van der Waals surface area contributed by atoms with Gasteiger partial charge in [0.15, 0.2) is 5.84 Å². The second-order valence-electron chi connectivity index (χ2n) is 6.93. The summed E-state index contributed by atoms with van der Waals surface area (Å²) in [5, 5.41) is 18.5. The molecular formula is C22H18ClHgN7O2S3. The van der Waals surface area contributed by atoms with E-state index >= 15 is 0 Å². The summed E-state index contributed by atoms with van der Waals surface area (Å²) in [6, 6.07) is 20.2. The Morgan fingerprint density at radius 3 is 2.39 bits per heavy atom. The van der Waals surface area contributed by atoms with Crippen LogP contribution in [0.1, 0.15) is 6.92 Å². The molecule has 9 nitrogen and oxygen atoms in total. The van der Waals surface area contributed by atoms with E-state index in [9.17, 15) is 8.42 Å². The molecule has 0 saturated carbocycles. The summed E-state index contributed by atoms with van der Waals surface area (Å²) in [5.74, 6) is 0.405. The summed E-state index contributed by atoms with van der Waals surface area (Å²) in [7, 11) is 1.06. The number of rotatable bonds is 7. The van der Waals surface area contributed by atoms with Crippen LogP contribution >= 0.6 is 20.2 Å². The van der Waals surface area contributed by atoms with Gasteiger partial charge >= 0.3 is 33.1 Å². The van der Waals surface area contributed by atoms with Crippen LogP contribution in [0.3, 0.4) is 0 Å². The molecule has 0 unspecified atom stereocenters. The number of sulfonamides is 1. The van der Waals surface area contributed by atoms with Gasteiger partial charge in [-0.25, -0.2) is 18.4 Å². The first-order chi connectivity index (χ1) is 17.3. The van der Waals surface area contributed by atoms with Crippen molar-refractivity contribution in [1.82, 2.24) is 4.98 Å². The number of amidine groups is 1. The minimum atomic E-state index is -3.77. The number of benzene rings is 2. The SMILES string of the molecule is CC1=NN(c2ccccc2)C(=N)/C1=C(/[S-])SN=Nc1ccc(S(=O)(=O)Nc2ccccn2)cc1.[Cl][Hg+]. The van der Waals surface area contributed by atoms with E-state index < -0.39 is 10.0 Å². The van der Waals surface area contributed by atoms with Crippen molar-refractivity contribution in [2.45, 2.75) is 11.8 Å². The molecule has 3 aromatic rings. The molecule has 2 heterocycles. The van der Waals surface area contributed by atoms with Gasteiger partial charge in [-0.2, -0.15) is 5.10 Å². The molecule has 14 heteroatoms. The fourth-order valence-corrected chi connectivity index (χ4v) is 4.89. The van der Waals surface area contributed by atoms with E-state index in [2.05, 4.69) is 24.4 Å². The Bertz CT molecular complexity index is 1400. The van der Waals surface area contributed by atoms with Crippen molar-refractivity contribution in [3.8, 4) is 0 Å². The number of aromatic nitrogens is 1. The Balaban J connectivity index is 0.00000176. The van der Waals surface area contributed by atoms with E-state index in [0.717, 1.165) is 17.6 Å². The van der Waals surface area contributed by atoms with Crippen LogP contribution in [0.4, 0.5) is 17.2 Å². The van der Waals surface area contributed by atoms with Crippen LogP contribution in [-0.4, -0.2) is 24.9 Å². The summed E-state index contributed by atoms with van der Waals surface area (Å²) in [6.07, 6.45) is 1.50. The Hall–Kier alpha value is -2.38. The third-order valence-electron chi connectivity index (χ3n) is 4.60. The number of para-hydroxylation sites is 1. The fraction of sp³-hybridized carbons (Fsp3) is 0.0455. The van der Waals surface area contributed by atoms with Gasteiger partial charge in [0.1, 0.15) is 5.82 Å². The van der Waals surface area contributed by atoms with E-state index in [1.807, 2.05) is 30.3 Å². The number of pyridine rings is 1. The molecule has 1 aromatic heterocycles. The van der Waals surface area contributed by atoms with Crippen molar-refractivity contribution >= 4 is 71.6 Å². The Labute approximate surface area is 238 Å². The first kappa shape index (κ1) is 28.2. The average molecular weight is 745 g/mol. The molecule has 0 bridgehead atoms. The van der Waals surface area contributed by atoms with E-state index in [1.165, 1.54) is 35.5 Å². The van der Waals surface area contributed by atoms with Crippen LogP contribution in [-0.2, 0) is 47.5 Å². The maximum absolute atomic E-state index is 12.5. The predicted molar refractivity (Wildman–Crippen MR) is 144 cm³/mol. The Morgan fingerprint density at radius 1 is 1.08 bits per heavy atom. The number of nitrogens with one attached hydrogen (secondary N) is 2. The van der Waals surface area contributed by atoms with E-state index in [4.69, 9.17) is 26.3 Å². The van der Waals surface area contributed by atoms with Gasteiger partial charge in [-0.1, -0.05) is 24.3 Å². The van der Waals surface area contributed by atoms with Crippen LogP contribution in [0.5, 0.6) is 0 Å². The molecule has 0 saturated heterocycles. The van der Waals surface area contributed by atoms with Crippen molar-refractivity contribution in [3.05, 3.63) is 88.8 Å². The second kappa shape index (κ2) is 13.2. The third kappa shape index (κ3) is 7.10. The van der Waals surface area contributed by atoms with Crippen LogP contribution in [0, 0.1) is 5.41 Å². The quantitative estimate of drug-likeness (QED) is 0.134. The first-order valence-electron chi connectivity index (χ1n) is 10.1. The molecule has 0 aliphatic carbocycles. The van der Waals surface area contributed by atoms with Gasteiger partial charge in [-0.3, -0.25) is 10.1 Å². The molecule has 0 fully saturated rings. The standard InChI is InChI=1S/C22H19N7O2S3.ClH.Hg/c1-15-20(21(23)29(26-15)17-7-3-2-4-8-17)22(32)33-28-25-16-10-12-18(13-11-16)34(30,31)27-19-9-5-6-14-24-19;;/h2-14,23,32H,1H3,(H,24,27);1H;/q;;+2/p-2/b22-20-,23-21?,28-25?;;. The van der Waals surface area contributed by atoms with Crippen LogP contribution in [0.2, 0.25) is 0 Å². The summed E-state index contributed by atoms with van der Waals surface area (Å²) in [4.78, 5) is 4.03. The van der Waals surface area contributed by atoms with Gasteiger partial charge in [0.25, 0.3) is 10.0 Å². The molecule has 180 valence electrons. The normalized spacial score (nSPS) is 14.8. The summed E-state index contributed by atoms with van der Waals surface area (Å²) >= 11 is 6.90. The average Bonchev–Trinajstić information content (AvgIpc) is 3.20. The molecule has 4 rings (SSSR count). The van der Waals surface area contributed by atoms with Crippen molar-refractivity contribution in [1.29, 1.82) is 5.41 Å². The minimum absolute atomic E-state index is 0.0723. The molecule has 0 spiro atoms. The third-order valence-corrected chi connectivity index (χ3v) is 6.93. The zero-order valence-electron chi connectivity index (χ0n) is 18.9. The molecular weight excluding hydrogens is 727 g/mol. The molecule has 2 N–H and O–H groups in total. The first-order valence-corrected chi connectivity index (χ1v) is 19.6. The molecule has 1 aliphatic heterocycles. The second-order valence-corrected chi connectivity index (χ2v) is 10.0.